The molecule has 1 aliphatic heterocycles. The second-order valence-electron chi connectivity index (χ2n) is 8.06. The molecule has 1 amide bonds. The molecule has 0 aliphatic carbocycles. The van der Waals surface area contributed by atoms with Crippen molar-refractivity contribution in [2.24, 2.45) is 4.99 Å². The number of thiazole rings is 1. The van der Waals surface area contributed by atoms with E-state index in [4.69, 9.17) is 4.98 Å². The zero-order valence-corrected chi connectivity index (χ0v) is 18.1. The highest BCUT2D eigenvalue weighted by Gasteiger charge is 2.18. The van der Waals surface area contributed by atoms with E-state index < -0.39 is 0 Å². The Balaban J connectivity index is 1.79. The van der Waals surface area contributed by atoms with Gasteiger partial charge in [-0.15, -0.1) is 11.3 Å². The van der Waals surface area contributed by atoms with Crippen LogP contribution in [0.3, 0.4) is 0 Å². The number of amides is 1. The maximum Gasteiger partial charge on any atom is 0.222 e. The Morgan fingerprint density at radius 2 is 2.11 bits per heavy atom. The second-order valence-corrected chi connectivity index (χ2v) is 8.92. The van der Waals surface area contributed by atoms with Crippen molar-refractivity contribution in [2.45, 2.75) is 71.8 Å². The van der Waals surface area contributed by atoms with E-state index in [1.54, 1.807) is 11.3 Å². The summed E-state index contributed by atoms with van der Waals surface area (Å²) in [6.45, 7) is 12.5. The van der Waals surface area contributed by atoms with E-state index in [1.807, 2.05) is 4.90 Å². The first kappa shape index (κ1) is 21.7. The molecule has 0 unspecified atom stereocenters. The number of nitrogens with zero attached hydrogens (tertiary/aromatic N) is 3. The molecule has 2 heterocycles. The van der Waals surface area contributed by atoms with Gasteiger partial charge in [-0.3, -0.25) is 4.79 Å². The van der Waals surface area contributed by atoms with Crippen LogP contribution in [0.4, 0.5) is 0 Å². The van der Waals surface area contributed by atoms with Crippen molar-refractivity contribution in [3.05, 3.63) is 16.1 Å². The Morgan fingerprint density at radius 3 is 2.81 bits per heavy atom. The zero-order chi connectivity index (χ0) is 19.7. The van der Waals surface area contributed by atoms with Crippen LogP contribution in [-0.2, 0) is 16.8 Å². The molecule has 0 spiro atoms. The quantitative estimate of drug-likeness (QED) is 0.424. The molecular weight excluding hydrogens is 358 g/mol. The van der Waals surface area contributed by atoms with Crippen molar-refractivity contribution in [3.63, 3.8) is 0 Å². The predicted octanol–water partition coefficient (Wildman–Crippen LogP) is 3.29. The summed E-state index contributed by atoms with van der Waals surface area (Å²) >= 11 is 1.70. The molecule has 1 aromatic rings. The van der Waals surface area contributed by atoms with Gasteiger partial charge in [0.2, 0.25) is 5.91 Å². The molecule has 2 N–H and O–H groups in total. The van der Waals surface area contributed by atoms with Crippen molar-refractivity contribution in [2.75, 3.05) is 26.2 Å². The van der Waals surface area contributed by atoms with Crippen molar-refractivity contribution in [1.82, 2.24) is 20.5 Å². The number of guanidine groups is 1. The minimum atomic E-state index is 0.0835. The maximum absolute atomic E-state index is 12.0. The van der Waals surface area contributed by atoms with Gasteiger partial charge in [-0.05, 0) is 26.2 Å². The van der Waals surface area contributed by atoms with Crippen LogP contribution in [0.25, 0.3) is 0 Å². The molecule has 6 nitrogen and oxygen atoms in total. The van der Waals surface area contributed by atoms with Gasteiger partial charge in [0.25, 0.3) is 0 Å². The molecular formula is C20H35N5OS. The van der Waals surface area contributed by atoms with E-state index in [0.29, 0.717) is 18.9 Å². The van der Waals surface area contributed by atoms with Crippen LogP contribution < -0.4 is 10.6 Å². The first-order valence-corrected chi connectivity index (χ1v) is 11.0. The van der Waals surface area contributed by atoms with Gasteiger partial charge >= 0.3 is 0 Å². The first-order valence-electron chi connectivity index (χ1n) is 10.1. The standard InChI is InChI=1S/C20H35N5OS/c1-5-21-19(23-14-16-15-27-18(24-16)20(2,3)4)22-11-9-13-25-12-8-6-7-10-17(25)26/h15H,5-14H2,1-4H3,(H2,21,22,23). The van der Waals surface area contributed by atoms with Crippen LogP contribution in [0.5, 0.6) is 0 Å². The summed E-state index contributed by atoms with van der Waals surface area (Å²) in [6.07, 6.45) is 4.99. The number of carbonyl (C=O) groups is 1. The molecule has 1 saturated heterocycles. The average molecular weight is 394 g/mol. The maximum atomic E-state index is 12.0. The van der Waals surface area contributed by atoms with Crippen LogP contribution in [-0.4, -0.2) is 47.9 Å². The minimum absolute atomic E-state index is 0.0835. The summed E-state index contributed by atoms with van der Waals surface area (Å²) in [5.41, 5.74) is 1.09. The van der Waals surface area contributed by atoms with Crippen LogP contribution in [0.15, 0.2) is 10.4 Å². The molecule has 27 heavy (non-hydrogen) atoms. The molecule has 2 rings (SSSR count). The van der Waals surface area contributed by atoms with Gasteiger partial charge in [0.15, 0.2) is 5.96 Å². The number of likely N-dealkylation sites (tertiary alicyclic amines) is 1. The number of rotatable bonds is 7. The lowest BCUT2D eigenvalue weighted by Gasteiger charge is -2.20. The first-order chi connectivity index (χ1) is 12.9. The smallest absolute Gasteiger partial charge is 0.222 e. The topological polar surface area (TPSA) is 69.6 Å². The highest BCUT2D eigenvalue weighted by Crippen LogP contribution is 2.25. The summed E-state index contributed by atoms with van der Waals surface area (Å²) in [6, 6.07) is 0. The molecule has 0 aromatic carbocycles. The molecule has 0 atom stereocenters. The van der Waals surface area contributed by atoms with E-state index >= 15 is 0 Å². The van der Waals surface area contributed by atoms with E-state index in [1.165, 1.54) is 6.42 Å². The highest BCUT2D eigenvalue weighted by atomic mass is 32.1. The largest absolute Gasteiger partial charge is 0.357 e. The summed E-state index contributed by atoms with van der Waals surface area (Å²) in [4.78, 5) is 23.4. The summed E-state index contributed by atoms with van der Waals surface area (Å²) in [5.74, 6) is 1.12. The van der Waals surface area contributed by atoms with Crippen molar-refractivity contribution >= 4 is 23.2 Å². The van der Waals surface area contributed by atoms with Crippen LogP contribution in [0, 0.1) is 0 Å². The van der Waals surface area contributed by atoms with Gasteiger partial charge in [-0.1, -0.05) is 27.2 Å². The number of carbonyl (C=O) groups excluding carboxylic acids is 1. The number of nitrogens with one attached hydrogen (secondary N) is 2. The fraction of sp³-hybridized carbons (Fsp3) is 0.750. The van der Waals surface area contributed by atoms with E-state index in [-0.39, 0.29) is 5.41 Å². The lowest BCUT2D eigenvalue weighted by Crippen LogP contribution is -2.39. The molecule has 7 heteroatoms. The zero-order valence-electron chi connectivity index (χ0n) is 17.3. The Labute approximate surface area is 167 Å². The van der Waals surface area contributed by atoms with Crippen molar-refractivity contribution in [3.8, 4) is 0 Å². The molecule has 1 aromatic heterocycles. The van der Waals surface area contributed by atoms with Crippen LogP contribution in [0.1, 0.15) is 70.5 Å². The lowest BCUT2D eigenvalue weighted by molar-refractivity contribution is -0.130. The van der Waals surface area contributed by atoms with E-state index in [0.717, 1.165) is 62.1 Å². The summed E-state index contributed by atoms with van der Waals surface area (Å²) < 4.78 is 0. The third kappa shape index (κ3) is 7.48. The van der Waals surface area contributed by atoms with Gasteiger partial charge < -0.3 is 15.5 Å². The van der Waals surface area contributed by atoms with Gasteiger partial charge in [-0.25, -0.2) is 9.98 Å². The Kier molecular flexibility index (Phi) is 8.54. The SMILES string of the molecule is CCNC(=NCc1csc(C(C)(C)C)n1)NCCCN1CCCCCC1=O. The number of aliphatic imine (C=N–C) groups is 1. The molecule has 0 bridgehead atoms. The second kappa shape index (κ2) is 10.6. The lowest BCUT2D eigenvalue weighted by atomic mass is 9.98. The minimum Gasteiger partial charge on any atom is -0.357 e. The van der Waals surface area contributed by atoms with Crippen LogP contribution in [0.2, 0.25) is 0 Å². The molecule has 0 radical (unpaired) electrons. The monoisotopic (exact) mass is 393 g/mol. The highest BCUT2D eigenvalue weighted by molar-refractivity contribution is 7.09. The Morgan fingerprint density at radius 1 is 1.30 bits per heavy atom. The normalized spacial score (nSPS) is 16.4. The third-order valence-corrected chi connectivity index (χ3v) is 5.82. The molecule has 152 valence electrons. The molecule has 1 aliphatic rings. The fourth-order valence-electron chi connectivity index (χ4n) is 2.98. The summed E-state index contributed by atoms with van der Waals surface area (Å²) in [7, 11) is 0. The van der Waals surface area contributed by atoms with E-state index in [9.17, 15) is 4.79 Å². The molecule has 0 saturated carbocycles. The molecule has 1 fully saturated rings. The van der Waals surface area contributed by atoms with Crippen molar-refractivity contribution in [1.29, 1.82) is 0 Å². The predicted molar refractivity (Wildman–Crippen MR) is 113 cm³/mol. The Hall–Kier alpha value is -1.63. The summed E-state index contributed by atoms with van der Waals surface area (Å²) in [5, 5.41) is 9.90. The van der Waals surface area contributed by atoms with Gasteiger partial charge in [0, 0.05) is 43.4 Å². The van der Waals surface area contributed by atoms with Crippen molar-refractivity contribution < 1.29 is 4.79 Å². The van der Waals surface area contributed by atoms with Gasteiger partial charge in [-0.2, -0.15) is 0 Å². The number of aromatic nitrogens is 1. The van der Waals surface area contributed by atoms with Gasteiger partial charge in [0.1, 0.15) is 0 Å². The third-order valence-electron chi connectivity index (χ3n) is 4.51. The van der Waals surface area contributed by atoms with Crippen LogP contribution >= 0.6 is 11.3 Å². The fourth-order valence-corrected chi connectivity index (χ4v) is 3.88. The van der Waals surface area contributed by atoms with E-state index in [2.05, 4.69) is 48.7 Å². The Bertz CT molecular complexity index is 620. The average Bonchev–Trinajstić information content (AvgIpc) is 3.01. The number of hydrogen-bond donors (Lipinski definition) is 2. The van der Waals surface area contributed by atoms with Gasteiger partial charge in [0.05, 0.1) is 17.2 Å². The number of hydrogen-bond acceptors (Lipinski definition) is 4.